The van der Waals surface area contributed by atoms with Crippen LogP contribution in [0, 0.1) is 11.8 Å². The lowest BCUT2D eigenvalue weighted by atomic mass is 9.92. The summed E-state index contributed by atoms with van der Waals surface area (Å²) in [7, 11) is 1.70. The quantitative estimate of drug-likeness (QED) is 0.789. The van der Waals surface area contributed by atoms with Crippen LogP contribution >= 0.6 is 0 Å². The van der Waals surface area contributed by atoms with Crippen molar-refractivity contribution in [3.05, 3.63) is 0 Å². The van der Waals surface area contributed by atoms with E-state index in [1.807, 2.05) is 6.92 Å². The highest BCUT2D eigenvalue weighted by atomic mass is 16.2. The molecule has 1 aliphatic heterocycles. The van der Waals surface area contributed by atoms with Gasteiger partial charge in [-0.1, -0.05) is 20.8 Å². The van der Waals surface area contributed by atoms with Crippen LogP contribution in [-0.2, 0) is 9.59 Å². The Hall–Kier alpha value is -1.10. The van der Waals surface area contributed by atoms with Crippen LogP contribution in [0.5, 0.6) is 0 Å². The molecule has 2 amide bonds. The lowest BCUT2D eigenvalue weighted by Gasteiger charge is -2.35. The normalized spacial score (nSPS) is 23.4. The Morgan fingerprint density at radius 1 is 1.25 bits per heavy atom. The molecular formula is C15H29N3O2. The molecule has 0 saturated carbocycles. The van der Waals surface area contributed by atoms with E-state index < -0.39 is 0 Å². The van der Waals surface area contributed by atoms with E-state index >= 15 is 0 Å². The topological polar surface area (TPSA) is 52.7 Å². The molecule has 1 rings (SSSR count). The number of carbonyl (C=O) groups is 2. The van der Waals surface area contributed by atoms with Crippen LogP contribution in [0.3, 0.4) is 0 Å². The maximum atomic E-state index is 12.1. The number of hydrogen-bond acceptors (Lipinski definition) is 3. The Morgan fingerprint density at radius 2 is 1.85 bits per heavy atom. The third-order valence-electron chi connectivity index (χ3n) is 3.68. The van der Waals surface area contributed by atoms with Gasteiger partial charge in [0.05, 0.1) is 13.1 Å². The maximum absolute atomic E-state index is 12.1. The summed E-state index contributed by atoms with van der Waals surface area (Å²) in [6, 6.07) is 0. The molecule has 116 valence electrons. The molecular weight excluding hydrogens is 254 g/mol. The van der Waals surface area contributed by atoms with Gasteiger partial charge in [0.2, 0.25) is 11.8 Å². The minimum Gasteiger partial charge on any atom is -0.355 e. The molecule has 20 heavy (non-hydrogen) atoms. The van der Waals surface area contributed by atoms with Gasteiger partial charge in [0.25, 0.3) is 0 Å². The van der Waals surface area contributed by atoms with Crippen LogP contribution in [0.15, 0.2) is 0 Å². The van der Waals surface area contributed by atoms with E-state index in [2.05, 4.69) is 24.1 Å². The van der Waals surface area contributed by atoms with Gasteiger partial charge in [-0.2, -0.15) is 0 Å². The molecule has 0 radical (unpaired) electrons. The van der Waals surface area contributed by atoms with Gasteiger partial charge in [-0.15, -0.1) is 0 Å². The van der Waals surface area contributed by atoms with Crippen LogP contribution in [0.2, 0.25) is 0 Å². The van der Waals surface area contributed by atoms with E-state index in [0.29, 0.717) is 24.9 Å². The second-order valence-corrected chi connectivity index (χ2v) is 6.24. The lowest BCUT2D eigenvalue weighted by molar-refractivity contribution is -0.136. The van der Waals surface area contributed by atoms with E-state index in [1.54, 1.807) is 7.05 Å². The molecule has 5 heteroatoms. The van der Waals surface area contributed by atoms with Gasteiger partial charge in [0.15, 0.2) is 0 Å². The van der Waals surface area contributed by atoms with E-state index in [9.17, 15) is 9.59 Å². The van der Waals surface area contributed by atoms with Crippen LogP contribution < -0.4 is 5.32 Å². The molecule has 1 heterocycles. The SMILES string of the molecule is CCCNC(=O)CN(C)C(=O)CN1CC(C)CC(C)C1. The zero-order valence-electron chi connectivity index (χ0n) is 13.3. The van der Waals surface area contributed by atoms with Gasteiger partial charge in [-0.3, -0.25) is 14.5 Å². The van der Waals surface area contributed by atoms with Crippen molar-refractivity contribution in [1.82, 2.24) is 15.1 Å². The van der Waals surface area contributed by atoms with Crippen molar-refractivity contribution in [3.63, 3.8) is 0 Å². The number of likely N-dealkylation sites (N-methyl/N-ethyl adjacent to an activating group) is 1. The first-order valence-corrected chi connectivity index (χ1v) is 7.65. The van der Waals surface area contributed by atoms with Crippen LogP contribution in [0.25, 0.3) is 0 Å². The number of rotatable bonds is 6. The summed E-state index contributed by atoms with van der Waals surface area (Å²) in [5.41, 5.74) is 0. The molecule has 0 bridgehead atoms. The smallest absolute Gasteiger partial charge is 0.239 e. The molecule has 1 N–H and O–H groups in total. The highest BCUT2D eigenvalue weighted by Gasteiger charge is 2.24. The maximum Gasteiger partial charge on any atom is 0.239 e. The zero-order chi connectivity index (χ0) is 15.1. The molecule has 0 aromatic carbocycles. The van der Waals surface area contributed by atoms with Gasteiger partial charge < -0.3 is 10.2 Å². The zero-order valence-corrected chi connectivity index (χ0v) is 13.3. The fourth-order valence-corrected chi connectivity index (χ4v) is 2.86. The van der Waals surface area contributed by atoms with Gasteiger partial charge >= 0.3 is 0 Å². The molecule has 2 atom stereocenters. The lowest BCUT2D eigenvalue weighted by Crippen LogP contribution is -2.47. The van der Waals surface area contributed by atoms with E-state index in [-0.39, 0.29) is 18.4 Å². The summed E-state index contributed by atoms with van der Waals surface area (Å²) in [6.45, 7) is 9.67. The first-order chi connectivity index (χ1) is 9.42. The van der Waals surface area contributed by atoms with Crippen molar-refractivity contribution in [3.8, 4) is 0 Å². The first kappa shape index (κ1) is 17.0. The molecule has 5 nitrogen and oxygen atoms in total. The summed E-state index contributed by atoms with van der Waals surface area (Å²) in [6.07, 6.45) is 2.15. The molecule has 0 aromatic heterocycles. The monoisotopic (exact) mass is 283 g/mol. The molecule has 0 spiro atoms. The molecule has 0 aromatic rings. The van der Waals surface area contributed by atoms with Crippen molar-refractivity contribution in [2.75, 3.05) is 39.8 Å². The summed E-state index contributed by atoms with van der Waals surface area (Å²) in [5.74, 6) is 1.23. The van der Waals surface area contributed by atoms with Gasteiger partial charge in [-0.05, 0) is 24.7 Å². The minimum absolute atomic E-state index is 0.0259. The highest BCUT2D eigenvalue weighted by Crippen LogP contribution is 2.20. The fraction of sp³-hybridized carbons (Fsp3) is 0.867. The number of piperidine rings is 1. The van der Waals surface area contributed by atoms with Gasteiger partial charge in [-0.25, -0.2) is 0 Å². The van der Waals surface area contributed by atoms with Crippen LogP contribution in [-0.4, -0.2) is 61.4 Å². The molecule has 0 aliphatic carbocycles. The van der Waals surface area contributed by atoms with Crippen molar-refractivity contribution in [1.29, 1.82) is 0 Å². The average molecular weight is 283 g/mol. The number of hydrogen-bond donors (Lipinski definition) is 1. The van der Waals surface area contributed by atoms with Crippen LogP contribution in [0.4, 0.5) is 0 Å². The Kier molecular flexibility index (Phi) is 6.99. The van der Waals surface area contributed by atoms with E-state index in [0.717, 1.165) is 19.5 Å². The molecule has 2 unspecified atom stereocenters. The van der Waals surface area contributed by atoms with Crippen molar-refractivity contribution in [2.24, 2.45) is 11.8 Å². The third kappa shape index (κ3) is 5.90. The molecule has 1 saturated heterocycles. The summed E-state index contributed by atoms with van der Waals surface area (Å²) in [5, 5.41) is 2.79. The highest BCUT2D eigenvalue weighted by molar-refractivity contribution is 5.85. The number of likely N-dealkylation sites (tertiary alicyclic amines) is 1. The minimum atomic E-state index is -0.0805. The Labute approximate surface area is 122 Å². The van der Waals surface area contributed by atoms with Crippen LogP contribution in [0.1, 0.15) is 33.6 Å². The van der Waals surface area contributed by atoms with Crippen molar-refractivity contribution in [2.45, 2.75) is 33.6 Å². The fourth-order valence-electron chi connectivity index (χ4n) is 2.86. The van der Waals surface area contributed by atoms with Gasteiger partial charge in [0.1, 0.15) is 0 Å². The Balaban J connectivity index is 2.35. The predicted octanol–water partition coefficient (Wildman–Crippen LogP) is 0.949. The molecule has 1 aliphatic rings. The second-order valence-electron chi connectivity index (χ2n) is 6.24. The van der Waals surface area contributed by atoms with Gasteiger partial charge in [0, 0.05) is 26.7 Å². The van der Waals surface area contributed by atoms with Crippen molar-refractivity contribution >= 4 is 11.8 Å². The summed E-state index contributed by atoms with van der Waals surface area (Å²) in [4.78, 5) is 27.5. The van der Waals surface area contributed by atoms with Crippen molar-refractivity contribution < 1.29 is 9.59 Å². The number of carbonyl (C=O) groups excluding carboxylic acids is 2. The third-order valence-corrected chi connectivity index (χ3v) is 3.68. The summed E-state index contributed by atoms with van der Waals surface area (Å²) >= 11 is 0. The Bertz CT molecular complexity index is 323. The number of nitrogens with zero attached hydrogens (tertiary/aromatic N) is 2. The van der Waals surface area contributed by atoms with E-state index in [4.69, 9.17) is 0 Å². The van der Waals surface area contributed by atoms with E-state index in [1.165, 1.54) is 11.3 Å². The average Bonchev–Trinajstić information content (AvgIpc) is 2.34. The second kappa shape index (κ2) is 8.25. The first-order valence-electron chi connectivity index (χ1n) is 7.65. The largest absolute Gasteiger partial charge is 0.355 e. The Morgan fingerprint density at radius 3 is 2.40 bits per heavy atom. The standard InChI is InChI=1S/C15H29N3O2/c1-5-6-16-14(19)10-17(4)15(20)11-18-8-12(2)7-13(3)9-18/h12-13H,5-11H2,1-4H3,(H,16,19). The number of amides is 2. The molecule has 1 fully saturated rings. The summed E-state index contributed by atoms with van der Waals surface area (Å²) < 4.78 is 0. The number of nitrogens with one attached hydrogen (secondary N) is 1. The predicted molar refractivity (Wildman–Crippen MR) is 80.3 cm³/mol.